The Hall–Kier alpha value is -3.30. The van der Waals surface area contributed by atoms with Gasteiger partial charge in [0.05, 0.1) is 46.8 Å². The number of aryl methyl sites for hydroxylation is 1. The maximum absolute atomic E-state index is 12.6. The van der Waals surface area contributed by atoms with Crippen LogP contribution in [0.15, 0.2) is 54.7 Å². The fourth-order valence-electron chi connectivity index (χ4n) is 5.00. The summed E-state index contributed by atoms with van der Waals surface area (Å²) in [5.41, 5.74) is 5.30. The van der Waals surface area contributed by atoms with Crippen molar-refractivity contribution in [3.05, 3.63) is 70.9 Å². The first-order chi connectivity index (χ1) is 18.6. The second-order valence-corrected chi connectivity index (χ2v) is 12.3. The van der Waals surface area contributed by atoms with E-state index in [2.05, 4.69) is 23.3 Å². The van der Waals surface area contributed by atoms with Crippen LogP contribution in [-0.4, -0.2) is 44.7 Å². The van der Waals surface area contributed by atoms with E-state index in [4.69, 9.17) is 26.1 Å². The Morgan fingerprint density at radius 3 is 2.51 bits per heavy atom. The zero-order chi connectivity index (χ0) is 27.5. The van der Waals surface area contributed by atoms with Gasteiger partial charge >= 0.3 is 5.97 Å². The molecule has 1 fully saturated rings. The van der Waals surface area contributed by atoms with Gasteiger partial charge in [-0.2, -0.15) is 5.10 Å². The van der Waals surface area contributed by atoms with Gasteiger partial charge < -0.3 is 14.6 Å². The van der Waals surface area contributed by atoms with Crippen LogP contribution in [-0.2, 0) is 14.3 Å². The summed E-state index contributed by atoms with van der Waals surface area (Å²) < 4.78 is 14.4. The molecule has 0 bridgehead atoms. The fraction of sp³-hybridized carbons (Fsp3) is 0.300. The normalized spacial score (nSPS) is 15.1. The highest BCUT2D eigenvalue weighted by atomic mass is 35.5. The number of aromatic nitrogens is 3. The number of fused-ring (bicyclic) bond motifs is 2. The number of carboxylic acid groups (broad SMARTS) is 1. The fourth-order valence-corrected chi connectivity index (χ4v) is 6.25. The molecule has 7 nitrogen and oxygen atoms in total. The van der Waals surface area contributed by atoms with Crippen molar-refractivity contribution in [2.75, 3.05) is 13.2 Å². The lowest BCUT2D eigenvalue weighted by atomic mass is 9.91. The van der Waals surface area contributed by atoms with Crippen LogP contribution in [0.4, 0.5) is 0 Å². The summed E-state index contributed by atoms with van der Waals surface area (Å²) in [6, 6.07) is 15.9. The van der Waals surface area contributed by atoms with E-state index < -0.39 is 17.7 Å². The smallest absolute Gasteiger partial charge is 0.337 e. The number of rotatable bonds is 6. The summed E-state index contributed by atoms with van der Waals surface area (Å²) in [7, 11) is 0. The molecule has 1 saturated heterocycles. The lowest BCUT2D eigenvalue weighted by Gasteiger charge is -2.28. The van der Waals surface area contributed by atoms with Crippen LogP contribution in [0.3, 0.4) is 0 Å². The molecule has 0 spiro atoms. The van der Waals surface area contributed by atoms with Crippen molar-refractivity contribution in [1.82, 2.24) is 14.8 Å². The molecular formula is C30H28ClN3O4S. The summed E-state index contributed by atoms with van der Waals surface area (Å²) in [4.78, 5) is 17.6. The van der Waals surface area contributed by atoms with Crippen molar-refractivity contribution in [3.8, 4) is 21.7 Å². The molecule has 3 heterocycles. The monoisotopic (exact) mass is 561 g/mol. The summed E-state index contributed by atoms with van der Waals surface area (Å²) in [6.45, 7) is 8.86. The molecule has 5 aromatic rings. The largest absolute Gasteiger partial charge is 0.479 e. The van der Waals surface area contributed by atoms with Crippen LogP contribution in [0.2, 0.25) is 5.02 Å². The van der Waals surface area contributed by atoms with Gasteiger partial charge in [-0.15, -0.1) is 11.3 Å². The molecule has 0 radical (unpaired) electrons. The van der Waals surface area contributed by atoms with Gasteiger partial charge in [-0.1, -0.05) is 23.7 Å². The third-order valence-corrected chi connectivity index (χ3v) is 8.22. The third-order valence-electron chi connectivity index (χ3n) is 6.83. The lowest BCUT2D eigenvalue weighted by molar-refractivity contribution is -0.160. The molecule has 2 aromatic heterocycles. The highest BCUT2D eigenvalue weighted by Gasteiger charge is 2.32. The summed E-state index contributed by atoms with van der Waals surface area (Å²) in [6.07, 6.45) is 0.732. The molecule has 1 atom stereocenters. The number of hydrogen-bond donors (Lipinski definition) is 1. The highest BCUT2D eigenvalue weighted by molar-refractivity contribution is 7.22. The van der Waals surface area contributed by atoms with Crippen molar-refractivity contribution in [3.63, 3.8) is 0 Å². The molecule has 200 valence electrons. The molecule has 1 unspecified atom stereocenters. The minimum atomic E-state index is -1.15. The van der Waals surface area contributed by atoms with Gasteiger partial charge in [-0.25, -0.2) is 9.78 Å². The summed E-state index contributed by atoms with van der Waals surface area (Å²) in [5.74, 6) is -1.04. The van der Waals surface area contributed by atoms with E-state index in [9.17, 15) is 9.90 Å². The molecule has 1 aliphatic heterocycles. The zero-order valence-electron chi connectivity index (χ0n) is 22.1. The molecular weight excluding hydrogens is 534 g/mol. The second-order valence-electron chi connectivity index (χ2n) is 10.9. The predicted octanol–water partition coefficient (Wildman–Crippen LogP) is 7.45. The number of thiazole rings is 1. The van der Waals surface area contributed by atoms with Crippen LogP contribution in [0.25, 0.3) is 42.8 Å². The Kier molecular flexibility index (Phi) is 6.46. The Balaban J connectivity index is 1.54. The van der Waals surface area contributed by atoms with Gasteiger partial charge in [0.15, 0.2) is 6.10 Å². The number of hydrogen-bond acceptors (Lipinski definition) is 6. The van der Waals surface area contributed by atoms with Crippen LogP contribution >= 0.6 is 22.9 Å². The average Bonchev–Trinajstić information content (AvgIpc) is 3.45. The van der Waals surface area contributed by atoms with Gasteiger partial charge in [0.2, 0.25) is 0 Å². The molecule has 39 heavy (non-hydrogen) atoms. The molecule has 3 aromatic carbocycles. The van der Waals surface area contributed by atoms with Crippen molar-refractivity contribution in [2.45, 2.75) is 45.4 Å². The van der Waals surface area contributed by atoms with Crippen LogP contribution in [0.5, 0.6) is 0 Å². The number of benzene rings is 3. The first-order valence-corrected chi connectivity index (χ1v) is 13.9. The van der Waals surface area contributed by atoms with E-state index in [1.807, 2.05) is 68.9 Å². The number of halogens is 1. The van der Waals surface area contributed by atoms with Crippen LogP contribution in [0, 0.1) is 6.92 Å². The van der Waals surface area contributed by atoms with Crippen molar-refractivity contribution in [1.29, 1.82) is 0 Å². The minimum Gasteiger partial charge on any atom is -0.479 e. The topological polar surface area (TPSA) is 86.5 Å². The van der Waals surface area contributed by atoms with Gasteiger partial charge in [-0.05, 0) is 75.2 Å². The number of nitrogens with zero attached hydrogens (tertiary/aromatic N) is 3. The van der Waals surface area contributed by atoms with Crippen LogP contribution in [0.1, 0.15) is 44.0 Å². The molecule has 6 rings (SSSR count). The SMILES string of the molecule is Cc1cc2nc(-c3ccc4c(cnn4C4COC4)c3)sc2c(-c2ccc(Cl)cc2)c1C(OC(C)(C)C)C(=O)O. The zero-order valence-corrected chi connectivity index (χ0v) is 23.6. The standard InChI is InChI=1S/C30H28ClN3O4S/c1-16-11-22-27(25(17-5-8-20(31)9-6-17)24(16)26(29(35)36)38-30(2,3)4)39-28(33-22)18-7-10-23-19(12-18)13-32-34(23)21-14-37-15-21/h5-13,21,26H,14-15H2,1-4H3,(H,35,36). The Bertz CT molecular complexity index is 1710. The first-order valence-electron chi connectivity index (χ1n) is 12.7. The van der Waals surface area contributed by atoms with Crippen molar-refractivity contribution >= 4 is 50.0 Å². The molecule has 0 aliphatic carbocycles. The van der Waals surface area contributed by atoms with Crippen molar-refractivity contribution < 1.29 is 19.4 Å². The number of carbonyl (C=O) groups is 1. The van der Waals surface area contributed by atoms with Gasteiger partial charge in [0.1, 0.15) is 5.01 Å². The van der Waals surface area contributed by atoms with E-state index in [1.165, 1.54) is 0 Å². The predicted molar refractivity (Wildman–Crippen MR) is 155 cm³/mol. The van der Waals surface area contributed by atoms with E-state index in [0.29, 0.717) is 23.8 Å². The number of carboxylic acids is 1. The Labute approximate surface area is 235 Å². The third kappa shape index (κ3) is 4.82. The lowest BCUT2D eigenvalue weighted by Crippen LogP contribution is -2.31. The van der Waals surface area contributed by atoms with E-state index in [1.54, 1.807) is 11.3 Å². The molecule has 0 saturated carbocycles. The Morgan fingerprint density at radius 2 is 1.87 bits per heavy atom. The Morgan fingerprint density at radius 1 is 1.15 bits per heavy atom. The average molecular weight is 562 g/mol. The summed E-state index contributed by atoms with van der Waals surface area (Å²) in [5, 5.41) is 17.4. The van der Waals surface area contributed by atoms with Gasteiger partial charge in [0.25, 0.3) is 0 Å². The maximum atomic E-state index is 12.6. The highest BCUT2D eigenvalue weighted by Crippen LogP contribution is 2.44. The number of aliphatic carboxylic acids is 1. The van der Waals surface area contributed by atoms with E-state index >= 15 is 0 Å². The quantitative estimate of drug-likeness (QED) is 0.232. The minimum absolute atomic E-state index is 0.275. The molecule has 1 N–H and O–H groups in total. The van der Waals surface area contributed by atoms with E-state index in [-0.39, 0.29) is 6.04 Å². The second kappa shape index (κ2) is 9.71. The molecule has 1 aliphatic rings. The van der Waals surface area contributed by atoms with Crippen LogP contribution < -0.4 is 0 Å². The molecule has 9 heteroatoms. The number of ether oxygens (including phenoxy) is 2. The van der Waals surface area contributed by atoms with Crippen molar-refractivity contribution in [2.24, 2.45) is 0 Å². The van der Waals surface area contributed by atoms with Gasteiger partial charge in [-0.3, -0.25) is 4.68 Å². The molecule has 0 amide bonds. The maximum Gasteiger partial charge on any atom is 0.337 e. The van der Waals surface area contributed by atoms with Gasteiger partial charge in [0, 0.05) is 27.1 Å². The first kappa shape index (κ1) is 26.0. The summed E-state index contributed by atoms with van der Waals surface area (Å²) >= 11 is 7.76. The van der Waals surface area contributed by atoms with E-state index in [0.717, 1.165) is 48.4 Å².